The molecule has 0 fully saturated rings. The van der Waals surface area contributed by atoms with E-state index in [2.05, 4.69) is 0 Å². The molecule has 0 aliphatic heterocycles. The van der Waals surface area contributed by atoms with E-state index in [-0.39, 0.29) is 0 Å². The lowest BCUT2D eigenvalue weighted by Crippen LogP contribution is -2.72. The lowest BCUT2D eigenvalue weighted by Gasteiger charge is -2.40. The van der Waals surface area contributed by atoms with E-state index >= 15 is 0 Å². The van der Waals surface area contributed by atoms with Gasteiger partial charge in [-0.25, -0.2) is 22.0 Å². The third kappa shape index (κ3) is 5.01. The highest BCUT2D eigenvalue weighted by atomic mass is 19.4. The van der Waals surface area contributed by atoms with Crippen molar-refractivity contribution >= 4 is 12.6 Å². The van der Waals surface area contributed by atoms with Gasteiger partial charge in [-0.15, -0.1) is 0 Å². The number of carbonyl (C=O) groups is 2. The largest absolute Gasteiger partial charge is 0.460 e. The van der Waals surface area contributed by atoms with Crippen LogP contribution in [-0.2, 0) is 4.79 Å². The number of benzene rings is 1. The Morgan fingerprint density at radius 3 is 0.946 bits per heavy atom. The molecule has 0 saturated carbocycles. The van der Waals surface area contributed by atoms with Crippen molar-refractivity contribution in [3.63, 3.8) is 0 Å². The lowest BCUT2D eigenvalue weighted by molar-refractivity contribution is -0.449. The summed E-state index contributed by atoms with van der Waals surface area (Å²) in [5.74, 6) is -58.2. The molecular weight excluding hydrogens is 592 g/mol. The molecule has 0 aliphatic carbocycles. The van der Waals surface area contributed by atoms with Crippen LogP contribution in [0.5, 0.6) is 0 Å². The molecule has 0 unspecified atom stereocenters. The number of carbonyl (C=O) groups excluding carboxylic acids is 2. The van der Waals surface area contributed by atoms with E-state index in [9.17, 15) is 97.4 Å². The van der Waals surface area contributed by atoms with E-state index in [0.717, 1.165) is 0 Å². The number of hydrogen-bond acceptors (Lipinski definition) is 2. The maximum Gasteiger partial charge on any atom is 0.460 e. The van der Waals surface area contributed by atoms with E-state index < -0.39 is 88.9 Å². The zero-order chi connectivity index (χ0) is 30.4. The zero-order valence-electron chi connectivity index (χ0n) is 16.0. The van der Waals surface area contributed by atoms with Crippen molar-refractivity contribution < 1.29 is 97.4 Å². The Kier molecular flexibility index (Phi) is 9.05. The lowest BCUT2D eigenvalue weighted by atomic mass is 9.91. The van der Waals surface area contributed by atoms with Crippen LogP contribution in [0.3, 0.4) is 0 Å². The molecule has 0 aromatic heterocycles. The van der Waals surface area contributed by atoms with Crippen LogP contribution in [0.2, 0.25) is 0 Å². The Balaban J connectivity index is 0.000000832. The third-order valence-corrected chi connectivity index (χ3v) is 3.86. The van der Waals surface area contributed by atoms with Gasteiger partial charge in [-0.1, -0.05) is 0 Å². The topological polar surface area (TPSA) is 34.1 Å². The highest BCUT2D eigenvalue weighted by Gasteiger charge is 2.93. The van der Waals surface area contributed by atoms with E-state index in [1.807, 2.05) is 0 Å². The molecule has 0 atom stereocenters. The number of rotatable bonds is 7. The van der Waals surface area contributed by atoms with Crippen LogP contribution in [0.25, 0.3) is 0 Å². The van der Waals surface area contributed by atoms with Gasteiger partial charge in [0, 0.05) is 0 Å². The second kappa shape index (κ2) is 9.80. The summed E-state index contributed by atoms with van der Waals surface area (Å²) in [4.78, 5) is 19.5. The van der Waals surface area contributed by atoms with Gasteiger partial charge in [0.2, 0.25) is 5.82 Å². The average Bonchev–Trinajstić information content (AvgIpc) is 2.75. The van der Waals surface area contributed by atoms with Crippen molar-refractivity contribution in [2.75, 3.05) is 0 Å². The summed E-state index contributed by atoms with van der Waals surface area (Å²) in [6.45, 7) is 0. The predicted octanol–water partition coefficient (Wildman–Crippen LogP) is 6.75. The molecule has 0 aliphatic rings. The van der Waals surface area contributed by atoms with Crippen molar-refractivity contribution in [3.05, 3.63) is 34.6 Å². The number of halogens is 20. The molecule has 0 saturated heterocycles. The fourth-order valence-electron chi connectivity index (χ4n) is 1.78. The summed E-state index contributed by atoms with van der Waals surface area (Å²) in [5.41, 5.74) is -1.46. The van der Waals surface area contributed by atoms with Gasteiger partial charge < -0.3 is 0 Å². The van der Waals surface area contributed by atoms with Gasteiger partial charge in [0.25, 0.3) is 0 Å². The minimum atomic E-state index is -8.35. The molecule has 1 aromatic carbocycles. The van der Waals surface area contributed by atoms with E-state index in [1.54, 1.807) is 0 Å². The maximum atomic E-state index is 12.8. The van der Waals surface area contributed by atoms with Crippen molar-refractivity contribution in [3.8, 4) is 0 Å². The van der Waals surface area contributed by atoms with Crippen LogP contribution in [0, 0.1) is 29.1 Å². The first-order valence-electron chi connectivity index (χ1n) is 7.83. The number of alkyl halides is 15. The smallest absolute Gasteiger partial charge is 0.298 e. The minimum absolute atomic E-state index is 0.434. The van der Waals surface area contributed by atoms with Gasteiger partial charge in [0.05, 0.1) is 5.56 Å². The van der Waals surface area contributed by atoms with Crippen LogP contribution in [-0.4, -0.2) is 54.3 Å². The summed E-state index contributed by atoms with van der Waals surface area (Å²) < 4.78 is 247. The molecule has 22 heteroatoms. The molecule has 0 N–H and O–H groups in total. The molecule has 1 rings (SSSR count). The van der Waals surface area contributed by atoms with E-state index in [0.29, 0.717) is 0 Å². The quantitative estimate of drug-likeness (QED) is 0.152. The Hall–Kier alpha value is -2.84. The Morgan fingerprint density at radius 2 is 0.676 bits per heavy atom. The summed E-state index contributed by atoms with van der Waals surface area (Å²) in [5, 5.41) is 0. The zero-order valence-corrected chi connectivity index (χ0v) is 16.0. The van der Waals surface area contributed by atoms with Crippen LogP contribution in [0.1, 0.15) is 10.4 Å². The van der Waals surface area contributed by atoms with E-state index in [1.165, 1.54) is 0 Å². The van der Waals surface area contributed by atoms with E-state index in [4.69, 9.17) is 0 Å². The summed E-state index contributed by atoms with van der Waals surface area (Å²) in [6.07, 6.45) is -10.5. The standard InChI is InChI=1S/C8HF15O.C7HF5O/c9-2(10,1-24)3(11,12)4(13,14)5(15,16)6(17,18)7(19,20)8(21,22)23;8-3-2(1-13)4(9)6(11)7(12)5(3)10/h1H;1H. The second-order valence-electron chi connectivity index (χ2n) is 6.21. The van der Waals surface area contributed by atoms with Crippen LogP contribution >= 0.6 is 0 Å². The molecule has 0 bridgehead atoms. The number of aldehydes is 2. The fourth-order valence-corrected chi connectivity index (χ4v) is 1.78. The van der Waals surface area contributed by atoms with Gasteiger partial charge in [-0.2, -0.15) is 65.9 Å². The molecule has 0 spiro atoms. The first kappa shape index (κ1) is 34.2. The molecular formula is C15H2F20O2. The Morgan fingerprint density at radius 1 is 0.405 bits per heavy atom. The fraction of sp³-hybridized carbons (Fsp3) is 0.467. The van der Waals surface area contributed by atoms with Crippen molar-refractivity contribution in [1.82, 2.24) is 0 Å². The minimum Gasteiger partial charge on any atom is -0.298 e. The highest BCUT2D eigenvalue weighted by molar-refractivity contribution is 5.75. The number of hydrogen-bond donors (Lipinski definition) is 0. The van der Waals surface area contributed by atoms with Crippen molar-refractivity contribution in [2.45, 2.75) is 41.7 Å². The van der Waals surface area contributed by atoms with Gasteiger partial charge in [-0.3, -0.25) is 9.59 Å². The Labute approximate surface area is 187 Å². The first-order valence-corrected chi connectivity index (χ1v) is 7.83. The van der Waals surface area contributed by atoms with Crippen molar-refractivity contribution in [1.29, 1.82) is 0 Å². The monoisotopic (exact) mass is 594 g/mol. The van der Waals surface area contributed by atoms with Crippen LogP contribution < -0.4 is 0 Å². The van der Waals surface area contributed by atoms with Gasteiger partial charge in [0.1, 0.15) is 0 Å². The first-order chi connectivity index (χ1) is 16.1. The molecule has 0 amide bonds. The molecule has 2 nitrogen and oxygen atoms in total. The highest BCUT2D eigenvalue weighted by Crippen LogP contribution is 2.62. The molecule has 214 valence electrons. The predicted molar refractivity (Wildman–Crippen MR) is 73.4 cm³/mol. The molecule has 0 heterocycles. The second-order valence-corrected chi connectivity index (χ2v) is 6.21. The van der Waals surface area contributed by atoms with Crippen molar-refractivity contribution in [2.24, 2.45) is 0 Å². The van der Waals surface area contributed by atoms with Crippen LogP contribution in [0.4, 0.5) is 87.8 Å². The molecule has 37 heavy (non-hydrogen) atoms. The maximum absolute atomic E-state index is 12.8. The molecule has 1 aromatic rings. The Bertz CT molecular complexity index is 995. The van der Waals surface area contributed by atoms with Gasteiger partial charge in [0.15, 0.2) is 35.8 Å². The average molecular weight is 594 g/mol. The normalized spacial score (nSPS) is 14.2. The summed E-state index contributed by atoms with van der Waals surface area (Å²) in [6, 6.07) is 0. The van der Waals surface area contributed by atoms with Gasteiger partial charge in [-0.05, 0) is 0 Å². The van der Waals surface area contributed by atoms with Crippen LogP contribution in [0.15, 0.2) is 0 Å². The van der Waals surface area contributed by atoms with Gasteiger partial charge >= 0.3 is 41.7 Å². The third-order valence-electron chi connectivity index (χ3n) is 3.86. The summed E-state index contributed by atoms with van der Waals surface area (Å²) in [7, 11) is 0. The molecule has 0 radical (unpaired) electrons. The summed E-state index contributed by atoms with van der Waals surface area (Å²) >= 11 is 0. The SMILES string of the molecule is O=CC(F)(F)C(F)(F)C(F)(F)C(F)(F)C(F)(F)C(F)(F)C(F)(F)F.O=Cc1c(F)c(F)c(F)c(F)c1F.